The van der Waals surface area contributed by atoms with Crippen LogP contribution >= 0.6 is 0 Å². The number of hydrogen-bond acceptors (Lipinski definition) is 8. The van der Waals surface area contributed by atoms with Crippen LogP contribution in [0.5, 0.6) is 0 Å². The van der Waals surface area contributed by atoms with Crippen molar-refractivity contribution in [2.45, 2.75) is 106 Å². The van der Waals surface area contributed by atoms with E-state index in [9.17, 15) is 0 Å². The predicted octanol–water partition coefficient (Wildman–Crippen LogP) is 10.3. The van der Waals surface area contributed by atoms with Crippen LogP contribution in [0.2, 0.25) is 0 Å². The van der Waals surface area contributed by atoms with Gasteiger partial charge in [0.2, 0.25) is 0 Å². The topological polar surface area (TPSA) is 104 Å². The van der Waals surface area contributed by atoms with E-state index in [-0.39, 0.29) is 29.7 Å². The minimum atomic E-state index is 0. The van der Waals surface area contributed by atoms with Crippen LogP contribution < -0.4 is 0 Å². The molecule has 8 nitrogen and oxygen atoms in total. The summed E-state index contributed by atoms with van der Waals surface area (Å²) in [7, 11) is 0. The maximum absolute atomic E-state index is 4.72. The maximum atomic E-state index is 4.72. The molecule has 0 N–H and O–H groups in total. The lowest BCUT2D eigenvalue weighted by molar-refractivity contribution is 0.521. The van der Waals surface area contributed by atoms with Crippen molar-refractivity contribution in [1.82, 2.24) is 19.9 Å². The molecule has 210 valence electrons. The molecule has 4 aromatic heterocycles. The average molecular weight is 503 g/mol. The van der Waals surface area contributed by atoms with Gasteiger partial charge in [-0.1, -0.05) is 85.1 Å². The summed E-state index contributed by atoms with van der Waals surface area (Å²) in [4.78, 5) is 14.7. The van der Waals surface area contributed by atoms with Gasteiger partial charge in [-0.2, -0.15) is 0 Å². The van der Waals surface area contributed by atoms with E-state index in [2.05, 4.69) is 28.8 Å². The Kier molecular flexibility index (Phi) is 80.1. The number of hydrogen-bond donors (Lipinski definition) is 0. The molecule has 4 aromatic rings. The first-order chi connectivity index (χ1) is 15.2. The van der Waals surface area contributed by atoms with Crippen molar-refractivity contribution in [2.24, 2.45) is 0 Å². The monoisotopic (exact) mass is 502 g/mol. The van der Waals surface area contributed by atoms with Crippen LogP contribution in [-0.2, 0) is 0 Å². The molecule has 0 saturated carbocycles. The number of aromatic nitrogens is 4. The van der Waals surface area contributed by atoms with Crippen molar-refractivity contribution in [3.63, 3.8) is 0 Å². The van der Waals surface area contributed by atoms with E-state index in [1.165, 1.54) is 25.4 Å². The van der Waals surface area contributed by atoms with Gasteiger partial charge < -0.3 is 17.7 Å². The average Bonchev–Trinajstić information content (AvgIpc) is 3.65. The predicted molar refractivity (Wildman–Crippen MR) is 153 cm³/mol. The fourth-order valence-electron chi connectivity index (χ4n) is 1.02. The lowest BCUT2D eigenvalue weighted by Crippen LogP contribution is -1.59. The summed E-state index contributed by atoms with van der Waals surface area (Å²) in [5.41, 5.74) is 0.926. The Labute approximate surface area is 217 Å². The van der Waals surface area contributed by atoms with E-state index < -0.39 is 0 Å². The Balaban J connectivity index is -0.0000000409. The third-order valence-electron chi connectivity index (χ3n) is 2.01. The highest BCUT2D eigenvalue weighted by molar-refractivity contribution is 4.83. The first-order valence-corrected chi connectivity index (χ1v) is 10.6. The normalized spacial score (nSPS) is 6.37. The summed E-state index contributed by atoms with van der Waals surface area (Å²) in [6.07, 6.45) is 13.7. The molecule has 0 spiro atoms. The van der Waals surface area contributed by atoms with Gasteiger partial charge >= 0.3 is 0 Å². The molecule has 0 aromatic carbocycles. The van der Waals surface area contributed by atoms with Crippen LogP contribution in [0.3, 0.4) is 0 Å². The van der Waals surface area contributed by atoms with Gasteiger partial charge in [0.1, 0.15) is 24.5 Å². The fourth-order valence-corrected chi connectivity index (χ4v) is 1.02. The quantitative estimate of drug-likeness (QED) is 0.234. The molecule has 0 aliphatic carbocycles. The minimum Gasteiger partial charge on any atom is -0.452 e. The van der Waals surface area contributed by atoms with Crippen molar-refractivity contribution < 1.29 is 17.7 Å². The fraction of sp³-hybridized carbons (Fsp3) is 0.556. The second-order valence-electron chi connectivity index (χ2n) is 3.97. The molecule has 35 heavy (non-hydrogen) atoms. The van der Waals surface area contributed by atoms with E-state index in [1.54, 1.807) is 38.0 Å². The Hall–Kier alpha value is -3.16. The zero-order valence-corrected chi connectivity index (χ0v) is 21.1. The van der Waals surface area contributed by atoms with Crippen molar-refractivity contribution in [2.75, 3.05) is 0 Å². The van der Waals surface area contributed by atoms with Crippen LogP contribution in [-0.4, -0.2) is 19.9 Å². The molecule has 0 unspecified atom stereocenters. The largest absolute Gasteiger partial charge is 0.452 e. The van der Waals surface area contributed by atoms with Gasteiger partial charge in [-0.25, -0.2) is 19.9 Å². The van der Waals surface area contributed by atoms with Crippen LogP contribution in [0.1, 0.15) is 102 Å². The number of aryl methyl sites for hydroxylation is 3. The third kappa shape index (κ3) is 49.2. The first kappa shape index (κ1) is 53.3. The smallest absolute Gasteiger partial charge is 0.190 e. The van der Waals surface area contributed by atoms with Gasteiger partial charge in [-0.3, -0.25) is 0 Å². The third-order valence-corrected chi connectivity index (χ3v) is 2.01. The summed E-state index contributed by atoms with van der Waals surface area (Å²) in [5.74, 6) is 1.57. The van der Waals surface area contributed by atoms with Crippen molar-refractivity contribution >= 4 is 0 Å². The van der Waals surface area contributed by atoms with Gasteiger partial charge in [0.25, 0.3) is 0 Å². The summed E-state index contributed by atoms with van der Waals surface area (Å²) >= 11 is 0. The number of nitrogens with zero attached hydrogens (tertiary/aromatic N) is 4. The van der Waals surface area contributed by atoms with E-state index in [4.69, 9.17) is 8.83 Å². The Bertz CT molecular complexity index is 571. The van der Waals surface area contributed by atoms with Crippen LogP contribution in [0, 0.1) is 20.8 Å². The van der Waals surface area contributed by atoms with Gasteiger partial charge in [-0.05, 0) is 13.8 Å². The van der Waals surface area contributed by atoms with Crippen LogP contribution in [0.4, 0.5) is 0 Å². The van der Waals surface area contributed by atoms with E-state index in [0.717, 1.165) is 17.3 Å². The molecule has 0 atom stereocenters. The Morgan fingerprint density at radius 1 is 0.571 bits per heavy atom. The highest BCUT2D eigenvalue weighted by Crippen LogP contribution is 1.88. The summed E-state index contributed by atoms with van der Waals surface area (Å²) in [5, 5.41) is 0. The molecule has 8 heteroatoms. The summed E-state index contributed by atoms with van der Waals surface area (Å²) < 4.78 is 18.5. The van der Waals surface area contributed by atoms with Gasteiger partial charge in [0.15, 0.2) is 25.1 Å². The molecule has 0 aliphatic heterocycles. The first-order valence-electron chi connectivity index (χ1n) is 10.6. The lowest BCUT2D eigenvalue weighted by Gasteiger charge is -1.67. The molecule has 0 fully saturated rings. The Morgan fingerprint density at radius 2 is 1.14 bits per heavy atom. The van der Waals surface area contributed by atoms with Gasteiger partial charge in [0.05, 0.1) is 24.3 Å². The van der Waals surface area contributed by atoms with Crippen molar-refractivity contribution in [3.8, 4) is 0 Å². The minimum absolute atomic E-state index is 0. The SMILES string of the molecule is C.C.C.C.CC.CC.CC.CC.Cc1cnco1.Cc1cocn1.Cc1ncco1.c1cocn1. The van der Waals surface area contributed by atoms with E-state index in [0.29, 0.717) is 0 Å². The highest BCUT2D eigenvalue weighted by Gasteiger charge is 1.78. The standard InChI is InChI=1S/3C4H5NO.C3H3NO.4C2H6.4CH4/c1-4-2-6-3-5-4;1-4-2-5-3-6-4;1-4-5-2-3-6-4;1-2-5-3-4-1;4*1-2;;;;/h3*2-3H,1H3;1-3H;4*1-2H3;4*1H4. The van der Waals surface area contributed by atoms with Crippen LogP contribution in [0.15, 0.2) is 74.2 Å². The van der Waals surface area contributed by atoms with Crippen molar-refractivity contribution in [3.05, 3.63) is 73.9 Å². The summed E-state index contributed by atoms with van der Waals surface area (Å²) in [6.45, 7) is 21.5. The second kappa shape index (κ2) is 52.6. The molecular formula is C27H58N4O4. The van der Waals surface area contributed by atoms with E-state index >= 15 is 0 Å². The molecule has 0 aliphatic rings. The zero-order valence-electron chi connectivity index (χ0n) is 21.1. The molecule has 0 saturated heterocycles. The highest BCUT2D eigenvalue weighted by atomic mass is 16.3. The zero-order chi connectivity index (χ0) is 24.8. The molecule has 0 radical (unpaired) electrons. The van der Waals surface area contributed by atoms with Gasteiger partial charge in [0, 0.05) is 6.92 Å². The molecule has 4 rings (SSSR count). The van der Waals surface area contributed by atoms with Crippen LogP contribution in [0.25, 0.3) is 0 Å². The Morgan fingerprint density at radius 3 is 1.26 bits per heavy atom. The number of oxazole rings is 4. The molecular weight excluding hydrogens is 444 g/mol. The second-order valence-corrected chi connectivity index (χ2v) is 3.97. The van der Waals surface area contributed by atoms with Crippen molar-refractivity contribution in [1.29, 1.82) is 0 Å². The van der Waals surface area contributed by atoms with E-state index in [1.807, 2.05) is 69.2 Å². The molecule has 0 bridgehead atoms. The molecule has 0 amide bonds. The molecule has 4 heterocycles. The lowest BCUT2D eigenvalue weighted by atomic mass is 10.6. The number of rotatable bonds is 0. The summed E-state index contributed by atoms with van der Waals surface area (Å²) in [6, 6.07) is 0. The maximum Gasteiger partial charge on any atom is 0.190 e. The van der Waals surface area contributed by atoms with Gasteiger partial charge in [-0.15, -0.1) is 0 Å².